The van der Waals surface area contributed by atoms with Crippen molar-refractivity contribution < 1.29 is 4.74 Å². The molecule has 3 aromatic rings. The lowest BCUT2D eigenvalue weighted by molar-refractivity contribution is 0.469. The second-order valence-corrected chi connectivity index (χ2v) is 6.16. The van der Waals surface area contributed by atoms with E-state index in [1.54, 1.807) is 24.4 Å². The number of nitrogens with one attached hydrogen (secondary N) is 2. The minimum atomic E-state index is 0.523. The van der Waals surface area contributed by atoms with Crippen LogP contribution in [0.1, 0.15) is 17.0 Å². The maximum absolute atomic E-state index is 6.02. The first-order valence-corrected chi connectivity index (χ1v) is 8.15. The number of aromatic nitrogens is 3. The van der Waals surface area contributed by atoms with E-state index < -0.39 is 0 Å². The maximum Gasteiger partial charge on any atom is 0.172 e. The summed E-state index contributed by atoms with van der Waals surface area (Å²) in [7, 11) is 0. The SMILES string of the molecule is Cc1n[nH]c(CNCc2cccnc2)c1Oc1cc(Cl)cc(Cl)c1. The molecule has 2 N–H and O–H groups in total. The summed E-state index contributed by atoms with van der Waals surface area (Å²) in [4.78, 5) is 4.09. The molecule has 0 aliphatic carbocycles. The molecule has 0 unspecified atom stereocenters. The predicted molar refractivity (Wildman–Crippen MR) is 94.6 cm³/mol. The summed E-state index contributed by atoms with van der Waals surface area (Å²) in [6, 6.07) is 9.02. The lowest BCUT2D eigenvalue weighted by Gasteiger charge is -2.09. The fraction of sp³-hybridized carbons (Fsp3) is 0.176. The molecule has 5 nitrogen and oxygen atoms in total. The topological polar surface area (TPSA) is 62.8 Å². The molecule has 1 aromatic carbocycles. The van der Waals surface area contributed by atoms with Gasteiger partial charge in [0.05, 0.1) is 5.69 Å². The van der Waals surface area contributed by atoms with Gasteiger partial charge in [-0.25, -0.2) is 0 Å². The van der Waals surface area contributed by atoms with Gasteiger partial charge in [0.2, 0.25) is 0 Å². The molecule has 0 aliphatic rings. The van der Waals surface area contributed by atoms with Crippen LogP contribution in [0.5, 0.6) is 11.5 Å². The highest BCUT2D eigenvalue weighted by Gasteiger charge is 2.13. The third kappa shape index (κ3) is 4.26. The van der Waals surface area contributed by atoms with E-state index in [-0.39, 0.29) is 0 Å². The largest absolute Gasteiger partial charge is 0.453 e. The van der Waals surface area contributed by atoms with E-state index in [1.807, 2.05) is 25.3 Å². The standard InChI is InChI=1S/C17H16Cl2N4O/c1-11-17(24-15-6-13(18)5-14(19)7-15)16(23-22-11)10-21-9-12-3-2-4-20-8-12/h2-8,21H,9-10H2,1H3,(H,22,23). The Labute approximate surface area is 150 Å². The van der Waals surface area contributed by atoms with Crippen molar-refractivity contribution in [3.63, 3.8) is 0 Å². The van der Waals surface area contributed by atoms with Crippen molar-refractivity contribution in [2.24, 2.45) is 0 Å². The van der Waals surface area contributed by atoms with Gasteiger partial charge in [0.25, 0.3) is 0 Å². The van der Waals surface area contributed by atoms with E-state index in [9.17, 15) is 0 Å². The first kappa shape index (κ1) is 16.8. The molecule has 2 aromatic heterocycles. The molecule has 7 heteroatoms. The van der Waals surface area contributed by atoms with Gasteiger partial charge in [0, 0.05) is 35.5 Å². The third-order valence-electron chi connectivity index (χ3n) is 3.37. The number of ether oxygens (including phenoxy) is 1. The first-order chi connectivity index (χ1) is 11.6. The highest BCUT2D eigenvalue weighted by Crippen LogP contribution is 2.31. The van der Waals surface area contributed by atoms with Gasteiger partial charge in [0.1, 0.15) is 11.4 Å². The Kier molecular flexibility index (Phi) is 5.35. The van der Waals surface area contributed by atoms with E-state index in [1.165, 1.54) is 0 Å². The third-order valence-corrected chi connectivity index (χ3v) is 3.81. The number of hydrogen-bond acceptors (Lipinski definition) is 4. The van der Waals surface area contributed by atoms with Crippen LogP contribution in [0.3, 0.4) is 0 Å². The Bertz CT molecular complexity index is 800. The highest BCUT2D eigenvalue weighted by molar-refractivity contribution is 6.34. The summed E-state index contributed by atoms with van der Waals surface area (Å²) in [6.45, 7) is 3.16. The second-order valence-electron chi connectivity index (χ2n) is 5.29. The van der Waals surface area contributed by atoms with Crippen LogP contribution >= 0.6 is 23.2 Å². The Hall–Kier alpha value is -2.08. The number of halogens is 2. The molecular weight excluding hydrogens is 347 g/mol. The van der Waals surface area contributed by atoms with Crippen LogP contribution in [0, 0.1) is 6.92 Å². The van der Waals surface area contributed by atoms with Crippen LogP contribution in [0.15, 0.2) is 42.7 Å². The number of nitrogens with zero attached hydrogens (tertiary/aromatic N) is 2. The van der Waals surface area contributed by atoms with Crippen molar-refractivity contribution in [3.05, 3.63) is 69.7 Å². The van der Waals surface area contributed by atoms with Crippen molar-refractivity contribution in [2.75, 3.05) is 0 Å². The molecular formula is C17H16Cl2N4O. The summed E-state index contributed by atoms with van der Waals surface area (Å²) in [5.74, 6) is 1.25. The zero-order valence-electron chi connectivity index (χ0n) is 13.0. The summed E-state index contributed by atoms with van der Waals surface area (Å²) in [5.41, 5.74) is 2.73. The second kappa shape index (κ2) is 7.66. The highest BCUT2D eigenvalue weighted by atomic mass is 35.5. The number of aromatic amines is 1. The molecule has 0 fully saturated rings. The molecule has 0 amide bonds. The Morgan fingerprint density at radius 2 is 1.96 bits per heavy atom. The van der Waals surface area contributed by atoms with Crippen molar-refractivity contribution >= 4 is 23.2 Å². The summed E-state index contributed by atoms with van der Waals surface area (Å²) < 4.78 is 5.93. The van der Waals surface area contributed by atoms with Crippen molar-refractivity contribution in [2.45, 2.75) is 20.0 Å². The number of benzene rings is 1. The fourth-order valence-corrected chi connectivity index (χ4v) is 2.77. The predicted octanol–water partition coefficient (Wildman–Crippen LogP) is 4.50. The van der Waals surface area contributed by atoms with Gasteiger partial charge in [0.15, 0.2) is 5.75 Å². The zero-order valence-corrected chi connectivity index (χ0v) is 14.5. The van der Waals surface area contributed by atoms with E-state index >= 15 is 0 Å². The van der Waals surface area contributed by atoms with Crippen LogP contribution in [0.4, 0.5) is 0 Å². The van der Waals surface area contributed by atoms with Gasteiger partial charge in [-0.05, 0) is 36.8 Å². The average molecular weight is 363 g/mol. The zero-order chi connectivity index (χ0) is 16.9. The molecule has 0 saturated carbocycles. The number of hydrogen-bond donors (Lipinski definition) is 2. The first-order valence-electron chi connectivity index (χ1n) is 7.39. The molecule has 0 atom stereocenters. The van der Waals surface area contributed by atoms with Gasteiger partial charge in [-0.3, -0.25) is 10.1 Å². The van der Waals surface area contributed by atoms with Crippen molar-refractivity contribution in [3.8, 4) is 11.5 Å². The summed E-state index contributed by atoms with van der Waals surface area (Å²) >= 11 is 12.0. The molecule has 3 rings (SSSR count). The molecule has 0 saturated heterocycles. The summed E-state index contributed by atoms with van der Waals surface area (Å²) in [5, 5.41) is 11.6. The lowest BCUT2D eigenvalue weighted by atomic mass is 10.2. The van der Waals surface area contributed by atoms with Crippen LogP contribution in [0.2, 0.25) is 10.0 Å². The van der Waals surface area contributed by atoms with Crippen LogP contribution in [0.25, 0.3) is 0 Å². The molecule has 2 heterocycles. The minimum Gasteiger partial charge on any atom is -0.453 e. The van der Waals surface area contributed by atoms with E-state index in [2.05, 4.69) is 20.5 Å². The van der Waals surface area contributed by atoms with Gasteiger partial charge < -0.3 is 10.1 Å². The fourth-order valence-electron chi connectivity index (χ4n) is 2.27. The van der Waals surface area contributed by atoms with Gasteiger partial charge in [-0.15, -0.1) is 0 Å². The average Bonchev–Trinajstić information content (AvgIpc) is 2.88. The van der Waals surface area contributed by atoms with Crippen molar-refractivity contribution in [1.29, 1.82) is 0 Å². The van der Waals surface area contributed by atoms with Gasteiger partial charge in [-0.1, -0.05) is 29.3 Å². The molecule has 124 valence electrons. The maximum atomic E-state index is 6.02. The smallest absolute Gasteiger partial charge is 0.172 e. The minimum absolute atomic E-state index is 0.523. The van der Waals surface area contributed by atoms with E-state index in [0.717, 1.165) is 17.0 Å². The van der Waals surface area contributed by atoms with E-state index in [4.69, 9.17) is 27.9 Å². The van der Waals surface area contributed by atoms with Gasteiger partial charge >= 0.3 is 0 Å². The quantitative estimate of drug-likeness (QED) is 0.677. The number of pyridine rings is 1. The lowest BCUT2D eigenvalue weighted by Crippen LogP contribution is -2.13. The monoisotopic (exact) mass is 362 g/mol. The van der Waals surface area contributed by atoms with Crippen LogP contribution in [-0.2, 0) is 13.1 Å². The van der Waals surface area contributed by atoms with Gasteiger partial charge in [-0.2, -0.15) is 5.10 Å². The van der Waals surface area contributed by atoms with E-state index in [0.29, 0.717) is 34.6 Å². The van der Waals surface area contributed by atoms with Crippen molar-refractivity contribution in [1.82, 2.24) is 20.5 Å². The Morgan fingerprint density at radius 3 is 2.67 bits per heavy atom. The molecule has 0 spiro atoms. The van der Waals surface area contributed by atoms with Crippen LogP contribution < -0.4 is 10.1 Å². The molecule has 0 radical (unpaired) electrons. The van der Waals surface area contributed by atoms with Crippen LogP contribution in [-0.4, -0.2) is 15.2 Å². The summed E-state index contributed by atoms with van der Waals surface area (Å²) in [6.07, 6.45) is 3.58. The number of rotatable bonds is 6. The Morgan fingerprint density at radius 1 is 1.17 bits per heavy atom. The molecule has 0 bridgehead atoms. The number of aryl methyl sites for hydroxylation is 1. The normalized spacial score (nSPS) is 10.8. The Balaban J connectivity index is 1.69. The number of H-pyrrole nitrogens is 1. The molecule has 24 heavy (non-hydrogen) atoms. The molecule has 0 aliphatic heterocycles.